The van der Waals surface area contributed by atoms with Gasteiger partial charge in [0.15, 0.2) is 11.5 Å². The SMILES string of the molecule is CCOC(=O)c1nc(-c2cc(-c3cccc(C(C)=O)c3)n(Cc3ccc(S(=O)(=O)N(Cc4ccc(OC)cc4)Cc4ccc(OC)cc4)c(F)c3)c2CC2CC2)sc1C. The van der Waals surface area contributed by atoms with Crippen LogP contribution in [-0.4, -0.2) is 54.9 Å². The van der Waals surface area contributed by atoms with E-state index in [1.807, 2.05) is 31.2 Å². The number of carbonyl (C=O) groups is 2. The van der Waals surface area contributed by atoms with E-state index in [0.717, 1.165) is 46.7 Å². The van der Waals surface area contributed by atoms with E-state index < -0.39 is 26.7 Å². The van der Waals surface area contributed by atoms with Gasteiger partial charge in [-0.05, 0) is 117 Å². The molecule has 0 aliphatic heterocycles. The minimum absolute atomic E-state index is 0.00693. The average Bonchev–Trinajstić information content (AvgIpc) is 3.87. The van der Waals surface area contributed by atoms with Crippen LogP contribution in [-0.2, 0) is 40.8 Å². The molecule has 1 fully saturated rings. The van der Waals surface area contributed by atoms with Crippen LogP contribution < -0.4 is 9.47 Å². The molecule has 1 aliphatic carbocycles. The summed E-state index contributed by atoms with van der Waals surface area (Å²) >= 11 is 1.41. The molecule has 0 atom stereocenters. The van der Waals surface area contributed by atoms with Crippen LogP contribution >= 0.6 is 11.3 Å². The van der Waals surface area contributed by atoms with Gasteiger partial charge in [0, 0.05) is 47.0 Å². The van der Waals surface area contributed by atoms with Crippen LogP contribution in [0.15, 0.2) is 102 Å². The molecule has 59 heavy (non-hydrogen) atoms. The number of hydrogen-bond donors (Lipinski definition) is 0. The van der Waals surface area contributed by atoms with Gasteiger partial charge in [-0.3, -0.25) is 4.79 Å². The number of thiazole rings is 1. The average molecular weight is 836 g/mol. The fraction of sp³-hybridized carbons (Fsp3) is 0.283. The molecule has 0 unspecified atom stereocenters. The summed E-state index contributed by atoms with van der Waals surface area (Å²) in [7, 11) is -1.25. The maximum atomic E-state index is 16.5. The van der Waals surface area contributed by atoms with Gasteiger partial charge < -0.3 is 18.8 Å². The van der Waals surface area contributed by atoms with Crippen LogP contribution in [0.4, 0.5) is 4.39 Å². The summed E-state index contributed by atoms with van der Waals surface area (Å²) in [5.74, 6) is 0.270. The number of aryl methyl sites for hydroxylation is 1. The van der Waals surface area contributed by atoms with Crippen molar-refractivity contribution in [2.45, 2.75) is 64.6 Å². The second kappa shape index (κ2) is 17.7. The molecule has 2 aromatic heterocycles. The van der Waals surface area contributed by atoms with Gasteiger partial charge in [-0.15, -0.1) is 11.3 Å². The standard InChI is InChI=1S/C46H46FN3O7S2/c1-6-57-46(52)44-30(3)58-45(48-44)39-25-41(36-9-7-8-35(24-36)29(2)51)50(42(39)23-31-10-11-31)28-34-16-21-43(40(47)22-34)59(53,54)49(26-32-12-17-37(55-4)18-13-32)27-33-14-19-38(56-5)20-15-33/h7-9,12-22,24-25,31H,6,10-11,23,26-28H2,1-5H3. The maximum absolute atomic E-state index is 16.5. The molecule has 6 aromatic rings. The van der Waals surface area contributed by atoms with Gasteiger partial charge in [-0.1, -0.05) is 48.5 Å². The number of benzene rings is 4. The second-order valence-electron chi connectivity index (χ2n) is 14.6. The summed E-state index contributed by atoms with van der Waals surface area (Å²) < 4.78 is 64.6. The zero-order valence-electron chi connectivity index (χ0n) is 33.7. The van der Waals surface area contributed by atoms with Gasteiger partial charge >= 0.3 is 5.97 Å². The fourth-order valence-electron chi connectivity index (χ4n) is 7.08. The van der Waals surface area contributed by atoms with Crippen molar-refractivity contribution in [3.63, 3.8) is 0 Å². The third-order valence-corrected chi connectivity index (χ3v) is 13.3. The molecule has 4 aromatic carbocycles. The predicted octanol–water partition coefficient (Wildman–Crippen LogP) is 9.51. The van der Waals surface area contributed by atoms with Crippen molar-refractivity contribution in [2.24, 2.45) is 5.92 Å². The number of nitrogens with zero attached hydrogens (tertiary/aromatic N) is 3. The first-order valence-corrected chi connectivity index (χ1v) is 21.7. The lowest BCUT2D eigenvalue weighted by Crippen LogP contribution is -2.31. The molecule has 10 nitrogen and oxygen atoms in total. The van der Waals surface area contributed by atoms with Crippen molar-refractivity contribution < 1.29 is 36.6 Å². The topological polar surface area (TPSA) is 117 Å². The van der Waals surface area contributed by atoms with E-state index in [4.69, 9.17) is 19.2 Å². The number of halogens is 1. The van der Waals surface area contributed by atoms with Crippen molar-refractivity contribution in [1.29, 1.82) is 0 Å². The molecule has 0 spiro atoms. The second-order valence-corrected chi connectivity index (χ2v) is 17.7. The molecule has 2 heterocycles. The number of hydrogen-bond acceptors (Lipinski definition) is 9. The minimum Gasteiger partial charge on any atom is -0.497 e. The Morgan fingerprint density at radius 1 is 0.881 bits per heavy atom. The van der Waals surface area contributed by atoms with Gasteiger partial charge in [0.05, 0.1) is 20.8 Å². The molecule has 0 radical (unpaired) electrons. The number of rotatable bonds is 17. The molecule has 1 saturated carbocycles. The van der Waals surface area contributed by atoms with E-state index in [2.05, 4.69) is 4.57 Å². The lowest BCUT2D eigenvalue weighted by molar-refractivity contribution is 0.0519. The number of aromatic nitrogens is 2. The molecule has 0 saturated heterocycles. The first-order valence-electron chi connectivity index (χ1n) is 19.4. The van der Waals surface area contributed by atoms with Crippen LogP contribution in [0.3, 0.4) is 0 Å². The minimum atomic E-state index is -4.36. The molecule has 0 amide bonds. The summed E-state index contributed by atoms with van der Waals surface area (Å²) in [6, 6.07) is 27.8. The number of ether oxygens (including phenoxy) is 3. The van der Waals surface area contributed by atoms with Crippen LogP contribution in [0.1, 0.15) is 74.8 Å². The van der Waals surface area contributed by atoms with Crippen LogP contribution in [0.2, 0.25) is 0 Å². The highest BCUT2D eigenvalue weighted by Crippen LogP contribution is 2.42. The zero-order chi connectivity index (χ0) is 41.8. The smallest absolute Gasteiger partial charge is 0.358 e. The van der Waals surface area contributed by atoms with Crippen LogP contribution in [0.5, 0.6) is 11.5 Å². The summed E-state index contributed by atoms with van der Waals surface area (Å²) in [6.45, 7) is 5.53. The number of ketones is 1. The third-order valence-electron chi connectivity index (χ3n) is 10.4. The van der Waals surface area contributed by atoms with Crippen molar-refractivity contribution in [2.75, 3.05) is 20.8 Å². The Balaban J connectivity index is 1.29. The monoisotopic (exact) mass is 835 g/mol. The van der Waals surface area contributed by atoms with Crippen molar-refractivity contribution in [3.05, 3.63) is 141 Å². The van der Waals surface area contributed by atoms with E-state index >= 15 is 4.39 Å². The summed E-state index contributed by atoms with van der Waals surface area (Å²) in [4.78, 5) is 30.4. The fourth-order valence-corrected chi connectivity index (χ4v) is 9.48. The van der Waals surface area contributed by atoms with Gasteiger partial charge in [0.1, 0.15) is 27.2 Å². The zero-order valence-corrected chi connectivity index (χ0v) is 35.3. The Morgan fingerprint density at radius 2 is 1.51 bits per heavy atom. The molecular weight excluding hydrogens is 790 g/mol. The van der Waals surface area contributed by atoms with Gasteiger partial charge in [0.2, 0.25) is 10.0 Å². The number of esters is 1. The highest BCUT2D eigenvalue weighted by Gasteiger charge is 2.31. The largest absolute Gasteiger partial charge is 0.497 e. The number of sulfonamides is 1. The van der Waals surface area contributed by atoms with Crippen molar-refractivity contribution >= 4 is 33.1 Å². The van der Waals surface area contributed by atoms with E-state index in [1.54, 1.807) is 81.8 Å². The van der Waals surface area contributed by atoms with Crippen molar-refractivity contribution in [3.8, 4) is 33.3 Å². The van der Waals surface area contributed by atoms with Crippen LogP contribution in [0.25, 0.3) is 21.8 Å². The third kappa shape index (κ3) is 9.32. The molecule has 7 rings (SSSR count). The van der Waals surface area contributed by atoms with Gasteiger partial charge in [0.25, 0.3) is 0 Å². The molecule has 0 bridgehead atoms. The summed E-state index contributed by atoms with van der Waals surface area (Å²) in [6.07, 6.45) is 2.85. The molecule has 0 N–H and O–H groups in total. The first-order chi connectivity index (χ1) is 28.4. The number of methoxy groups -OCH3 is 2. The normalized spacial score (nSPS) is 12.8. The van der Waals surface area contributed by atoms with Gasteiger partial charge in [-0.25, -0.2) is 22.6 Å². The lowest BCUT2D eigenvalue weighted by Gasteiger charge is -2.23. The Hall–Kier alpha value is -5.63. The Kier molecular flexibility index (Phi) is 12.5. The van der Waals surface area contributed by atoms with E-state index in [9.17, 15) is 18.0 Å². The van der Waals surface area contributed by atoms with Crippen molar-refractivity contribution in [1.82, 2.24) is 13.9 Å². The quantitative estimate of drug-likeness (QED) is 0.0659. The van der Waals surface area contributed by atoms with E-state index in [0.29, 0.717) is 44.7 Å². The number of Topliss-reactive ketones (excluding diaryl/α,β-unsaturated/α-hetero) is 1. The summed E-state index contributed by atoms with van der Waals surface area (Å²) in [5.41, 5.74) is 6.14. The first kappa shape index (κ1) is 41.5. The number of carbonyl (C=O) groups excluding carboxylic acids is 2. The Bertz CT molecular complexity index is 2550. The highest BCUT2D eigenvalue weighted by molar-refractivity contribution is 7.89. The van der Waals surface area contributed by atoms with Gasteiger partial charge in [-0.2, -0.15) is 4.31 Å². The molecular formula is C46H46FN3O7S2. The predicted molar refractivity (Wildman–Crippen MR) is 226 cm³/mol. The highest BCUT2D eigenvalue weighted by atomic mass is 32.2. The summed E-state index contributed by atoms with van der Waals surface area (Å²) in [5, 5.41) is 0.658. The Morgan fingerprint density at radius 3 is 2.07 bits per heavy atom. The lowest BCUT2D eigenvalue weighted by atomic mass is 10.1. The molecule has 1 aliphatic rings. The van der Waals surface area contributed by atoms with E-state index in [1.165, 1.54) is 34.7 Å². The Labute approximate surface area is 348 Å². The maximum Gasteiger partial charge on any atom is 0.358 e. The van der Waals surface area contributed by atoms with Crippen LogP contribution in [0, 0.1) is 18.7 Å². The molecule has 13 heteroatoms. The van der Waals surface area contributed by atoms with E-state index in [-0.39, 0.29) is 37.7 Å². The molecule has 306 valence electrons.